The third-order valence-electron chi connectivity index (χ3n) is 2.39. The first kappa shape index (κ1) is 12.2. The van der Waals surface area contributed by atoms with Crippen molar-refractivity contribution in [2.45, 2.75) is 6.92 Å². The van der Waals surface area contributed by atoms with Crippen LogP contribution in [0.4, 0.5) is 26.2 Å². The van der Waals surface area contributed by atoms with E-state index in [-0.39, 0.29) is 11.3 Å². The van der Waals surface area contributed by atoms with E-state index in [1.54, 1.807) is 13.1 Å². The Morgan fingerprint density at radius 2 is 1.94 bits per heavy atom. The summed E-state index contributed by atoms with van der Waals surface area (Å²) in [5, 5.41) is 5.47. The molecular weight excluding hydrogens is 238 g/mol. The van der Waals surface area contributed by atoms with Crippen LogP contribution in [0.5, 0.6) is 0 Å². The molecule has 94 valence electrons. The summed E-state index contributed by atoms with van der Waals surface area (Å²) in [5.41, 5.74) is 0.301. The Kier molecular flexibility index (Phi) is 3.36. The highest BCUT2D eigenvalue weighted by Gasteiger charge is 2.08. The average molecular weight is 250 g/mol. The van der Waals surface area contributed by atoms with Crippen molar-refractivity contribution in [1.29, 1.82) is 0 Å². The van der Waals surface area contributed by atoms with Crippen LogP contribution < -0.4 is 10.6 Å². The lowest BCUT2D eigenvalue weighted by Gasteiger charge is -2.09. The maximum Gasteiger partial charge on any atom is 0.224 e. The lowest BCUT2D eigenvalue weighted by atomic mass is 10.2. The van der Waals surface area contributed by atoms with E-state index in [2.05, 4.69) is 20.6 Å². The Bertz CT molecular complexity index is 572. The third-order valence-corrected chi connectivity index (χ3v) is 2.39. The fourth-order valence-electron chi connectivity index (χ4n) is 1.43. The Morgan fingerprint density at radius 3 is 2.67 bits per heavy atom. The highest BCUT2D eigenvalue weighted by molar-refractivity contribution is 5.58. The molecule has 2 N–H and O–H groups in total. The van der Waals surface area contributed by atoms with Crippen molar-refractivity contribution in [1.82, 2.24) is 9.97 Å². The number of nitrogens with zero attached hydrogens (tertiary/aromatic N) is 2. The standard InChI is InChI=1S/C12H12F2N4/c1-7-5-9(14)10(6-8(7)13)17-11-3-4-16-12(15-2)18-11/h3-6H,1-2H3,(H2,15,16,17,18). The number of hydrogen-bond acceptors (Lipinski definition) is 4. The van der Waals surface area contributed by atoms with Gasteiger partial charge in [-0.15, -0.1) is 0 Å². The molecule has 0 aliphatic rings. The Balaban J connectivity index is 2.30. The Labute approximate surface area is 103 Å². The number of halogens is 2. The van der Waals surface area contributed by atoms with Crippen LogP contribution in [-0.4, -0.2) is 17.0 Å². The van der Waals surface area contributed by atoms with Gasteiger partial charge >= 0.3 is 0 Å². The maximum absolute atomic E-state index is 13.6. The molecule has 6 heteroatoms. The van der Waals surface area contributed by atoms with Gasteiger partial charge in [0.1, 0.15) is 17.5 Å². The fraction of sp³-hybridized carbons (Fsp3) is 0.167. The number of hydrogen-bond donors (Lipinski definition) is 2. The van der Waals surface area contributed by atoms with Gasteiger partial charge < -0.3 is 10.6 Å². The minimum Gasteiger partial charge on any atom is -0.357 e. The zero-order chi connectivity index (χ0) is 13.1. The average Bonchev–Trinajstić information content (AvgIpc) is 2.36. The van der Waals surface area contributed by atoms with Crippen molar-refractivity contribution in [3.63, 3.8) is 0 Å². The minimum atomic E-state index is -0.529. The van der Waals surface area contributed by atoms with Crippen molar-refractivity contribution in [2.75, 3.05) is 17.7 Å². The van der Waals surface area contributed by atoms with E-state index in [1.165, 1.54) is 13.1 Å². The van der Waals surface area contributed by atoms with Gasteiger partial charge in [0.05, 0.1) is 5.69 Å². The van der Waals surface area contributed by atoms with Crippen molar-refractivity contribution in [3.8, 4) is 0 Å². The molecule has 0 bridgehead atoms. The predicted molar refractivity (Wildman–Crippen MR) is 66.0 cm³/mol. The number of benzene rings is 1. The third kappa shape index (κ3) is 2.53. The predicted octanol–water partition coefficient (Wildman–Crippen LogP) is 2.85. The molecule has 1 aromatic heterocycles. The van der Waals surface area contributed by atoms with Gasteiger partial charge in [-0.05, 0) is 24.6 Å². The summed E-state index contributed by atoms with van der Waals surface area (Å²) < 4.78 is 27.0. The Hall–Kier alpha value is -2.24. The van der Waals surface area contributed by atoms with Gasteiger partial charge in [0.2, 0.25) is 5.95 Å². The summed E-state index contributed by atoms with van der Waals surface area (Å²) in [6.07, 6.45) is 1.52. The minimum absolute atomic E-state index is 0.0406. The molecule has 0 radical (unpaired) electrons. The molecule has 0 saturated heterocycles. The second-order valence-electron chi connectivity index (χ2n) is 3.72. The molecule has 1 heterocycles. The van der Waals surface area contributed by atoms with E-state index < -0.39 is 11.6 Å². The van der Waals surface area contributed by atoms with Gasteiger partial charge in [0.25, 0.3) is 0 Å². The van der Waals surface area contributed by atoms with E-state index in [0.717, 1.165) is 12.1 Å². The summed E-state index contributed by atoms with van der Waals surface area (Å²) in [6.45, 7) is 1.51. The first-order valence-corrected chi connectivity index (χ1v) is 5.33. The molecule has 0 atom stereocenters. The maximum atomic E-state index is 13.6. The van der Waals surface area contributed by atoms with Crippen molar-refractivity contribution in [3.05, 3.63) is 41.6 Å². The molecule has 1 aromatic carbocycles. The Morgan fingerprint density at radius 1 is 1.17 bits per heavy atom. The molecule has 0 fully saturated rings. The van der Waals surface area contributed by atoms with Crippen molar-refractivity contribution >= 4 is 17.5 Å². The van der Waals surface area contributed by atoms with Gasteiger partial charge in [-0.2, -0.15) is 4.98 Å². The summed E-state index contributed by atoms with van der Waals surface area (Å²) in [7, 11) is 1.67. The molecule has 0 amide bonds. The van der Waals surface area contributed by atoms with E-state index in [4.69, 9.17) is 0 Å². The summed E-state index contributed by atoms with van der Waals surface area (Å²) >= 11 is 0. The van der Waals surface area contributed by atoms with E-state index in [0.29, 0.717) is 11.8 Å². The van der Waals surface area contributed by atoms with Gasteiger partial charge in [-0.1, -0.05) is 0 Å². The first-order chi connectivity index (χ1) is 8.60. The second kappa shape index (κ2) is 4.95. The molecule has 4 nitrogen and oxygen atoms in total. The van der Waals surface area contributed by atoms with E-state index >= 15 is 0 Å². The first-order valence-electron chi connectivity index (χ1n) is 5.33. The normalized spacial score (nSPS) is 10.2. The highest BCUT2D eigenvalue weighted by Crippen LogP contribution is 2.22. The largest absolute Gasteiger partial charge is 0.357 e. The molecule has 0 spiro atoms. The van der Waals surface area contributed by atoms with Crippen LogP contribution in [-0.2, 0) is 0 Å². The van der Waals surface area contributed by atoms with Crippen molar-refractivity contribution in [2.24, 2.45) is 0 Å². The van der Waals surface area contributed by atoms with Gasteiger partial charge in [0, 0.05) is 19.3 Å². The molecule has 0 aliphatic carbocycles. The van der Waals surface area contributed by atoms with Crippen LogP contribution in [0.1, 0.15) is 5.56 Å². The highest BCUT2D eigenvalue weighted by atomic mass is 19.1. The summed E-state index contributed by atoms with van der Waals surface area (Å²) in [5.74, 6) is -0.218. The van der Waals surface area contributed by atoms with Gasteiger partial charge in [0.15, 0.2) is 0 Å². The molecule has 2 aromatic rings. The van der Waals surface area contributed by atoms with Gasteiger partial charge in [-0.25, -0.2) is 13.8 Å². The fourth-order valence-corrected chi connectivity index (χ4v) is 1.43. The van der Waals surface area contributed by atoms with Crippen LogP contribution in [0.15, 0.2) is 24.4 Å². The molecule has 0 unspecified atom stereocenters. The molecule has 2 rings (SSSR count). The van der Waals surface area contributed by atoms with Crippen LogP contribution in [0.3, 0.4) is 0 Å². The molecule has 18 heavy (non-hydrogen) atoms. The van der Waals surface area contributed by atoms with E-state index in [9.17, 15) is 8.78 Å². The smallest absolute Gasteiger partial charge is 0.224 e. The van der Waals surface area contributed by atoms with Crippen LogP contribution in [0.25, 0.3) is 0 Å². The number of aryl methyl sites for hydroxylation is 1. The number of anilines is 3. The number of rotatable bonds is 3. The SMILES string of the molecule is CNc1nccc(Nc2cc(F)c(C)cc2F)n1. The summed E-state index contributed by atoms with van der Waals surface area (Å²) in [4.78, 5) is 7.98. The topological polar surface area (TPSA) is 49.8 Å². The summed E-state index contributed by atoms with van der Waals surface area (Å²) in [6, 6.07) is 3.81. The number of nitrogens with one attached hydrogen (secondary N) is 2. The molecule has 0 aliphatic heterocycles. The van der Waals surface area contributed by atoms with Crippen LogP contribution >= 0.6 is 0 Å². The lowest BCUT2D eigenvalue weighted by Crippen LogP contribution is -2.01. The quantitative estimate of drug-likeness (QED) is 0.879. The van der Waals surface area contributed by atoms with Gasteiger partial charge in [-0.3, -0.25) is 0 Å². The number of aromatic nitrogens is 2. The lowest BCUT2D eigenvalue weighted by molar-refractivity contribution is 0.595. The molecular formula is C12H12F2N4. The van der Waals surface area contributed by atoms with E-state index in [1.807, 2.05) is 0 Å². The van der Waals surface area contributed by atoms with Crippen molar-refractivity contribution < 1.29 is 8.78 Å². The monoisotopic (exact) mass is 250 g/mol. The zero-order valence-corrected chi connectivity index (χ0v) is 9.96. The second-order valence-corrected chi connectivity index (χ2v) is 3.72. The van der Waals surface area contributed by atoms with Crippen LogP contribution in [0, 0.1) is 18.6 Å². The molecule has 0 saturated carbocycles. The zero-order valence-electron chi connectivity index (χ0n) is 9.96. The van der Waals surface area contributed by atoms with Crippen LogP contribution in [0.2, 0.25) is 0 Å².